The summed E-state index contributed by atoms with van der Waals surface area (Å²) in [7, 11) is 0. The standard InChI is InChI=1S/C19H28N2/c1-2-9-19(10-3-1)15-20-11-12-21(19)14-16-5-4-6-18(13-16)17-7-8-17/h4-6,13,17,20H,1-3,7-12,14-15H2. The molecular formula is C19H28N2. The summed E-state index contributed by atoms with van der Waals surface area (Å²) in [5.74, 6) is 0.872. The number of hydrogen-bond acceptors (Lipinski definition) is 2. The summed E-state index contributed by atoms with van der Waals surface area (Å²) in [4.78, 5) is 2.80. The molecule has 4 rings (SSSR count). The molecule has 3 fully saturated rings. The van der Waals surface area contributed by atoms with E-state index in [1.165, 1.54) is 63.6 Å². The van der Waals surface area contributed by atoms with Gasteiger partial charge >= 0.3 is 0 Å². The predicted molar refractivity (Wildman–Crippen MR) is 87.5 cm³/mol. The molecule has 1 heterocycles. The first-order valence-electron chi connectivity index (χ1n) is 8.90. The average molecular weight is 284 g/mol. The third-order valence-corrected chi connectivity index (χ3v) is 5.84. The molecule has 0 aromatic heterocycles. The van der Waals surface area contributed by atoms with Crippen LogP contribution < -0.4 is 5.32 Å². The molecule has 2 nitrogen and oxygen atoms in total. The van der Waals surface area contributed by atoms with Crippen LogP contribution in [-0.2, 0) is 6.54 Å². The molecule has 2 saturated carbocycles. The molecule has 0 atom stereocenters. The maximum atomic E-state index is 3.66. The number of rotatable bonds is 3. The minimum Gasteiger partial charge on any atom is -0.314 e. The second-order valence-corrected chi connectivity index (χ2v) is 7.40. The van der Waals surface area contributed by atoms with Crippen molar-refractivity contribution in [1.82, 2.24) is 10.2 Å². The van der Waals surface area contributed by atoms with Gasteiger partial charge in [-0.2, -0.15) is 0 Å². The Morgan fingerprint density at radius 2 is 2.00 bits per heavy atom. The van der Waals surface area contributed by atoms with Crippen molar-refractivity contribution < 1.29 is 0 Å². The summed E-state index contributed by atoms with van der Waals surface area (Å²) >= 11 is 0. The molecule has 0 amide bonds. The maximum absolute atomic E-state index is 3.66. The zero-order chi connectivity index (χ0) is 14.1. The van der Waals surface area contributed by atoms with Gasteiger partial charge in [0.25, 0.3) is 0 Å². The van der Waals surface area contributed by atoms with Gasteiger partial charge in [-0.3, -0.25) is 4.90 Å². The predicted octanol–water partition coefficient (Wildman–Crippen LogP) is 3.67. The Morgan fingerprint density at radius 3 is 2.81 bits per heavy atom. The van der Waals surface area contributed by atoms with Crippen LogP contribution >= 0.6 is 0 Å². The Kier molecular flexibility index (Phi) is 3.76. The molecule has 21 heavy (non-hydrogen) atoms. The molecule has 1 aliphatic heterocycles. The fourth-order valence-corrected chi connectivity index (χ4v) is 4.42. The highest BCUT2D eigenvalue weighted by molar-refractivity contribution is 5.29. The van der Waals surface area contributed by atoms with Crippen molar-refractivity contribution in [1.29, 1.82) is 0 Å². The number of piperazine rings is 1. The third-order valence-electron chi connectivity index (χ3n) is 5.84. The smallest absolute Gasteiger partial charge is 0.0338 e. The van der Waals surface area contributed by atoms with Crippen LogP contribution in [0.2, 0.25) is 0 Å². The van der Waals surface area contributed by atoms with Gasteiger partial charge in [-0.25, -0.2) is 0 Å². The molecule has 114 valence electrons. The lowest BCUT2D eigenvalue weighted by atomic mass is 9.79. The first-order chi connectivity index (χ1) is 10.4. The van der Waals surface area contributed by atoms with E-state index in [1.807, 2.05) is 0 Å². The monoisotopic (exact) mass is 284 g/mol. The van der Waals surface area contributed by atoms with Gasteiger partial charge in [-0.15, -0.1) is 0 Å². The SMILES string of the molecule is c1cc(CN2CCNCC23CCCCC3)cc(C2CC2)c1. The van der Waals surface area contributed by atoms with Gasteiger partial charge in [0.05, 0.1) is 0 Å². The van der Waals surface area contributed by atoms with Crippen molar-refractivity contribution in [3.8, 4) is 0 Å². The van der Waals surface area contributed by atoms with Crippen molar-refractivity contribution in [2.24, 2.45) is 0 Å². The minimum atomic E-state index is 0.450. The molecule has 1 saturated heterocycles. The molecule has 1 spiro atoms. The van der Waals surface area contributed by atoms with Crippen LogP contribution in [0.4, 0.5) is 0 Å². The highest BCUT2D eigenvalue weighted by Gasteiger charge is 2.39. The first-order valence-corrected chi connectivity index (χ1v) is 8.90. The summed E-state index contributed by atoms with van der Waals surface area (Å²) in [6.45, 7) is 4.73. The van der Waals surface area contributed by atoms with E-state index in [-0.39, 0.29) is 0 Å². The van der Waals surface area contributed by atoms with Crippen molar-refractivity contribution >= 4 is 0 Å². The third kappa shape index (κ3) is 2.89. The van der Waals surface area contributed by atoms with Crippen LogP contribution in [0.1, 0.15) is 62.0 Å². The maximum Gasteiger partial charge on any atom is 0.0338 e. The molecule has 2 aliphatic carbocycles. The van der Waals surface area contributed by atoms with Crippen molar-refractivity contribution in [3.05, 3.63) is 35.4 Å². The van der Waals surface area contributed by atoms with Crippen LogP contribution in [0.3, 0.4) is 0 Å². The van der Waals surface area contributed by atoms with E-state index in [2.05, 4.69) is 34.5 Å². The molecule has 0 unspecified atom stereocenters. The topological polar surface area (TPSA) is 15.3 Å². The van der Waals surface area contributed by atoms with Crippen LogP contribution in [0.25, 0.3) is 0 Å². The zero-order valence-corrected chi connectivity index (χ0v) is 13.1. The largest absolute Gasteiger partial charge is 0.314 e. The zero-order valence-electron chi connectivity index (χ0n) is 13.1. The van der Waals surface area contributed by atoms with Gasteiger partial charge in [0.15, 0.2) is 0 Å². The molecule has 3 aliphatic rings. The van der Waals surface area contributed by atoms with E-state index in [9.17, 15) is 0 Å². The minimum absolute atomic E-state index is 0.450. The molecule has 1 aromatic carbocycles. The molecule has 0 bridgehead atoms. The van der Waals surface area contributed by atoms with E-state index >= 15 is 0 Å². The lowest BCUT2D eigenvalue weighted by Gasteiger charge is -2.50. The molecule has 1 aromatic rings. The van der Waals surface area contributed by atoms with Crippen molar-refractivity contribution in [2.75, 3.05) is 19.6 Å². The van der Waals surface area contributed by atoms with Crippen LogP contribution in [0.5, 0.6) is 0 Å². The fourth-order valence-electron chi connectivity index (χ4n) is 4.42. The first kappa shape index (κ1) is 13.8. The van der Waals surface area contributed by atoms with E-state index in [4.69, 9.17) is 0 Å². The lowest BCUT2D eigenvalue weighted by molar-refractivity contribution is 0.0209. The van der Waals surface area contributed by atoms with E-state index < -0.39 is 0 Å². The van der Waals surface area contributed by atoms with Crippen molar-refractivity contribution in [2.45, 2.75) is 62.9 Å². The molecular weight excluding hydrogens is 256 g/mol. The van der Waals surface area contributed by atoms with Gasteiger partial charge < -0.3 is 5.32 Å². The van der Waals surface area contributed by atoms with Gasteiger partial charge in [0.2, 0.25) is 0 Å². The Hall–Kier alpha value is -0.860. The summed E-state index contributed by atoms with van der Waals surface area (Å²) in [6.07, 6.45) is 9.86. The number of hydrogen-bond donors (Lipinski definition) is 1. The number of benzene rings is 1. The quantitative estimate of drug-likeness (QED) is 0.911. The van der Waals surface area contributed by atoms with Gasteiger partial charge in [0.1, 0.15) is 0 Å². The number of nitrogens with one attached hydrogen (secondary N) is 1. The Bertz CT molecular complexity index is 478. The molecule has 0 radical (unpaired) electrons. The Labute approximate surface area is 128 Å². The summed E-state index contributed by atoms with van der Waals surface area (Å²) < 4.78 is 0. The molecule has 2 heteroatoms. The van der Waals surface area contributed by atoms with E-state index in [0.717, 1.165) is 19.0 Å². The van der Waals surface area contributed by atoms with Gasteiger partial charge in [0, 0.05) is 31.7 Å². The number of nitrogens with zero attached hydrogens (tertiary/aromatic N) is 1. The normalized spacial score (nSPS) is 26.1. The van der Waals surface area contributed by atoms with E-state index in [1.54, 1.807) is 5.56 Å². The van der Waals surface area contributed by atoms with Crippen LogP contribution in [0, 0.1) is 0 Å². The highest BCUT2D eigenvalue weighted by atomic mass is 15.3. The Morgan fingerprint density at radius 1 is 1.14 bits per heavy atom. The summed E-state index contributed by atoms with van der Waals surface area (Å²) in [6, 6.07) is 9.43. The lowest BCUT2D eigenvalue weighted by Crippen LogP contribution is -2.61. The van der Waals surface area contributed by atoms with Crippen LogP contribution in [0.15, 0.2) is 24.3 Å². The summed E-state index contributed by atoms with van der Waals surface area (Å²) in [5.41, 5.74) is 3.57. The Balaban J connectivity index is 1.52. The fraction of sp³-hybridized carbons (Fsp3) is 0.684. The average Bonchev–Trinajstić information content (AvgIpc) is 3.36. The van der Waals surface area contributed by atoms with Crippen LogP contribution in [-0.4, -0.2) is 30.1 Å². The van der Waals surface area contributed by atoms with Gasteiger partial charge in [-0.05, 0) is 42.7 Å². The highest BCUT2D eigenvalue weighted by Crippen LogP contribution is 2.40. The van der Waals surface area contributed by atoms with E-state index in [0.29, 0.717) is 5.54 Å². The van der Waals surface area contributed by atoms with Gasteiger partial charge in [-0.1, -0.05) is 43.5 Å². The second kappa shape index (κ2) is 5.73. The summed E-state index contributed by atoms with van der Waals surface area (Å²) in [5, 5.41) is 3.66. The van der Waals surface area contributed by atoms with Crippen molar-refractivity contribution in [3.63, 3.8) is 0 Å². The molecule has 1 N–H and O–H groups in total. The second-order valence-electron chi connectivity index (χ2n) is 7.40.